The van der Waals surface area contributed by atoms with Crippen LogP contribution in [-0.2, 0) is 20.1 Å². The summed E-state index contributed by atoms with van der Waals surface area (Å²) in [5, 5.41) is 14.6. The molecule has 0 bridgehead atoms. The van der Waals surface area contributed by atoms with Crippen LogP contribution in [0.15, 0.2) is 78.7 Å². The molecule has 0 saturated carbocycles. The molecule has 0 spiro atoms. The van der Waals surface area contributed by atoms with Crippen LogP contribution in [0.1, 0.15) is 47.1 Å². The Balaban J connectivity index is 0.000000271. The van der Waals surface area contributed by atoms with E-state index in [0.29, 0.717) is 0 Å². The zero-order valence-corrected chi connectivity index (χ0v) is 24.0. The van der Waals surface area contributed by atoms with E-state index in [1.807, 2.05) is 47.7 Å². The Morgan fingerprint density at radius 3 is 2.14 bits per heavy atom. The SMILES string of the molecule is CC(C)(C)C(=[OH+])/C=C(\O)C(C)(C)C.Cc1[c-]c(-c2nccc3c2ccc2ccccc23)ccc1.[Ir]. The standard InChI is InChI=1S/C20H14N.C11H20O2.Ir/c1-14-5-4-7-16(13-14)20-19-10-9-15-6-2-3-8-17(15)18(19)11-12-21-20;1-10(2,3)8(12)7-9(13)11(4,5)6;/h2-12H,1H3;7,12H,1-6H3;/q-1;;/p+1/b;8-7-;. The second kappa shape index (κ2) is 11.3. The van der Waals surface area contributed by atoms with Crippen LogP contribution >= 0.6 is 0 Å². The number of carbonyl (C=O) groups excluding carboxylic acids is 1. The summed E-state index contributed by atoms with van der Waals surface area (Å²) in [6.45, 7) is 13.4. The van der Waals surface area contributed by atoms with Gasteiger partial charge in [0.1, 0.15) is 5.76 Å². The largest absolute Gasteiger partial charge is 0.511 e. The molecule has 0 fully saturated rings. The first-order chi connectivity index (χ1) is 15.9. The van der Waals surface area contributed by atoms with Gasteiger partial charge >= 0.3 is 5.78 Å². The summed E-state index contributed by atoms with van der Waals surface area (Å²) in [6.07, 6.45) is 3.33. The number of nitrogens with zero attached hydrogens (tertiary/aromatic N) is 1. The van der Waals surface area contributed by atoms with E-state index < -0.39 is 0 Å². The van der Waals surface area contributed by atoms with Gasteiger partial charge in [0.2, 0.25) is 0 Å². The maximum atomic E-state index is 9.60. The topological polar surface area (TPSA) is 54.5 Å². The number of aryl methyl sites for hydroxylation is 1. The third-order valence-corrected chi connectivity index (χ3v) is 5.68. The van der Waals surface area contributed by atoms with E-state index in [0.717, 1.165) is 16.8 Å². The van der Waals surface area contributed by atoms with E-state index in [1.54, 1.807) is 0 Å². The number of pyridine rings is 1. The van der Waals surface area contributed by atoms with E-state index in [4.69, 9.17) is 0 Å². The minimum absolute atomic E-state index is 0. The van der Waals surface area contributed by atoms with Crippen LogP contribution in [0, 0.1) is 23.8 Å². The van der Waals surface area contributed by atoms with Crippen LogP contribution in [0.2, 0.25) is 0 Å². The van der Waals surface area contributed by atoms with Gasteiger partial charge in [-0.2, -0.15) is 0 Å². The van der Waals surface area contributed by atoms with Crippen molar-refractivity contribution < 1.29 is 30.0 Å². The number of ketones is 1. The van der Waals surface area contributed by atoms with Gasteiger partial charge in [-0.25, -0.2) is 0 Å². The predicted octanol–water partition coefficient (Wildman–Crippen LogP) is 8.23. The van der Waals surface area contributed by atoms with E-state index >= 15 is 0 Å². The third kappa shape index (κ3) is 7.10. The normalized spacial score (nSPS) is 12.0. The van der Waals surface area contributed by atoms with Crippen LogP contribution in [0.25, 0.3) is 32.8 Å². The van der Waals surface area contributed by atoms with Crippen LogP contribution in [0.5, 0.6) is 0 Å². The van der Waals surface area contributed by atoms with Gasteiger partial charge in [-0.05, 0) is 54.1 Å². The molecule has 3 nitrogen and oxygen atoms in total. The number of aliphatic hydroxyl groups is 1. The minimum Gasteiger partial charge on any atom is -0.511 e. The van der Waals surface area contributed by atoms with Crippen LogP contribution in [0.4, 0.5) is 0 Å². The molecule has 4 aromatic rings. The maximum absolute atomic E-state index is 9.60. The van der Waals surface area contributed by atoms with Crippen molar-refractivity contribution >= 4 is 27.3 Å². The Morgan fingerprint density at radius 1 is 0.829 bits per heavy atom. The number of benzene rings is 3. The summed E-state index contributed by atoms with van der Waals surface area (Å²) in [5.41, 5.74) is 2.57. The number of fused-ring (bicyclic) bond motifs is 3. The smallest absolute Gasteiger partial charge is 0.325 e. The van der Waals surface area contributed by atoms with Crippen LogP contribution in [-0.4, -0.2) is 20.7 Å². The summed E-state index contributed by atoms with van der Waals surface area (Å²) < 4.78 is 0. The van der Waals surface area contributed by atoms with Crippen molar-refractivity contribution in [3.63, 3.8) is 0 Å². The van der Waals surface area contributed by atoms with Gasteiger partial charge in [-0.3, -0.25) is 4.79 Å². The Hall–Kier alpha value is -2.81. The predicted molar refractivity (Wildman–Crippen MR) is 145 cm³/mol. The van der Waals surface area contributed by atoms with E-state index in [2.05, 4.69) is 78.6 Å². The molecular formula is C31H35IrNO2. The number of hydrogen-bond acceptors (Lipinski definition) is 2. The monoisotopic (exact) mass is 646 g/mol. The van der Waals surface area contributed by atoms with Gasteiger partial charge in [-0.15, -0.1) is 35.4 Å². The van der Waals surface area contributed by atoms with E-state index in [1.165, 1.54) is 27.6 Å². The van der Waals surface area contributed by atoms with E-state index in [9.17, 15) is 9.90 Å². The molecule has 4 rings (SSSR count). The molecule has 0 aliphatic rings. The average molecular weight is 646 g/mol. The van der Waals surface area contributed by atoms with Crippen molar-refractivity contribution in [3.05, 3.63) is 90.3 Å². The fourth-order valence-corrected chi connectivity index (χ4v) is 3.44. The van der Waals surface area contributed by atoms with E-state index in [-0.39, 0.29) is 42.5 Å². The molecule has 1 radical (unpaired) electrons. The third-order valence-electron chi connectivity index (χ3n) is 5.68. The first-order valence-electron chi connectivity index (χ1n) is 11.6. The molecule has 35 heavy (non-hydrogen) atoms. The molecule has 185 valence electrons. The van der Waals surface area contributed by atoms with Crippen molar-refractivity contribution in [2.24, 2.45) is 10.8 Å². The number of aromatic nitrogens is 1. The van der Waals surface area contributed by atoms with Gasteiger partial charge < -0.3 is 10.1 Å². The molecule has 0 atom stereocenters. The number of rotatable bonds is 2. The minimum atomic E-state index is -0.306. The van der Waals surface area contributed by atoms with Crippen molar-refractivity contribution in [2.45, 2.75) is 48.5 Å². The van der Waals surface area contributed by atoms with Crippen molar-refractivity contribution in [1.82, 2.24) is 4.98 Å². The van der Waals surface area contributed by atoms with Crippen molar-refractivity contribution in [2.75, 3.05) is 0 Å². The second-order valence-corrected chi connectivity index (χ2v) is 10.7. The summed E-state index contributed by atoms with van der Waals surface area (Å²) in [6, 6.07) is 24.5. The molecule has 2 N–H and O–H groups in total. The molecule has 0 aliphatic heterocycles. The summed E-state index contributed by atoms with van der Waals surface area (Å²) in [5.74, 6) is 0.417. The first kappa shape index (κ1) is 28.4. The molecule has 1 aromatic heterocycles. The summed E-state index contributed by atoms with van der Waals surface area (Å²) in [4.78, 5) is 14.2. The zero-order valence-electron chi connectivity index (χ0n) is 21.6. The molecule has 3 aromatic carbocycles. The summed E-state index contributed by atoms with van der Waals surface area (Å²) >= 11 is 0. The number of aliphatic hydroxyl groups excluding tert-OH is 1. The van der Waals surface area contributed by atoms with Gasteiger partial charge in [0.15, 0.2) is 0 Å². The maximum Gasteiger partial charge on any atom is 0.325 e. The van der Waals surface area contributed by atoms with Gasteiger partial charge in [-0.1, -0.05) is 64.1 Å². The number of allylic oxidation sites excluding steroid dienone is 2. The zero-order chi connectivity index (χ0) is 25.1. The van der Waals surface area contributed by atoms with Gasteiger partial charge in [0, 0.05) is 31.7 Å². The fraction of sp³-hybridized carbons (Fsp3) is 0.290. The molecule has 0 unspecified atom stereocenters. The summed E-state index contributed by atoms with van der Waals surface area (Å²) in [7, 11) is 0. The fourth-order valence-electron chi connectivity index (χ4n) is 3.44. The first-order valence-corrected chi connectivity index (χ1v) is 11.6. The van der Waals surface area contributed by atoms with Gasteiger partial charge in [0.25, 0.3) is 0 Å². The second-order valence-electron chi connectivity index (χ2n) is 10.7. The Labute approximate surface area is 222 Å². The Bertz CT molecular complexity index is 1360. The molecule has 0 aliphatic carbocycles. The molecule has 0 amide bonds. The van der Waals surface area contributed by atoms with Crippen LogP contribution < -0.4 is 0 Å². The van der Waals surface area contributed by atoms with Crippen molar-refractivity contribution in [3.8, 4) is 11.3 Å². The van der Waals surface area contributed by atoms with Gasteiger partial charge in [0.05, 0.1) is 11.5 Å². The Kier molecular flexibility index (Phi) is 9.17. The van der Waals surface area contributed by atoms with Crippen LogP contribution in [0.3, 0.4) is 0 Å². The Morgan fingerprint density at radius 2 is 1.51 bits per heavy atom. The molecule has 1 heterocycles. The number of hydrogen-bond donors (Lipinski definition) is 1. The molecule has 4 heteroatoms. The molecular weight excluding hydrogens is 611 g/mol. The molecule has 0 saturated heterocycles. The van der Waals surface area contributed by atoms with Crippen molar-refractivity contribution in [1.29, 1.82) is 0 Å². The average Bonchev–Trinajstić information content (AvgIpc) is 2.77. The quantitative estimate of drug-likeness (QED) is 0.0785.